The third kappa shape index (κ3) is 2.13. The van der Waals surface area contributed by atoms with Gasteiger partial charge in [-0.2, -0.15) is 4.31 Å². The maximum atomic E-state index is 13.8. The normalized spacial score (nSPS) is 27.5. The van der Waals surface area contributed by atoms with Crippen molar-refractivity contribution < 1.29 is 17.2 Å². The van der Waals surface area contributed by atoms with Crippen LogP contribution in [0.25, 0.3) is 0 Å². The lowest BCUT2D eigenvalue weighted by atomic mass is 10.1. The topological polar surface area (TPSA) is 49.4 Å². The lowest BCUT2D eigenvalue weighted by Crippen LogP contribution is -2.42. The van der Waals surface area contributed by atoms with Crippen molar-refractivity contribution in [3.63, 3.8) is 0 Å². The van der Waals surface area contributed by atoms with Gasteiger partial charge >= 0.3 is 0 Å². The number of hydrogen-bond acceptors (Lipinski definition) is 3. The lowest BCUT2D eigenvalue weighted by Gasteiger charge is -2.27. The summed E-state index contributed by atoms with van der Waals surface area (Å²) < 4.78 is 53.8. The second-order valence-electron chi connectivity index (χ2n) is 5.26. The molecule has 1 aromatic rings. The van der Waals surface area contributed by atoms with Gasteiger partial charge in [0.25, 0.3) is 0 Å². The number of sulfonamides is 1. The molecule has 0 spiro atoms. The Kier molecular flexibility index (Phi) is 3.51. The molecule has 3 rings (SSSR count). The molecule has 0 saturated carbocycles. The van der Waals surface area contributed by atoms with E-state index in [0.29, 0.717) is 13.0 Å². The zero-order valence-corrected chi connectivity index (χ0v) is 11.7. The summed E-state index contributed by atoms with van der Waals surface area (Å²) in [4.78, 5) is -0.559. The van der Waals surface area contributed by atoms with Crippen LogP contribution in [0.4, 0.5) is 8.78 Å². The number of nitrogens with one attached hydrogen (secondary N) is 1. The standard InChI is InChI=1S/C13H16F2N2O2S/c14-11-2-1-3-12(13(11)15)20(18,19)17-9-4-5-10(17)8-16-7-6-9/h1-3,9-10,16H,4-8H2. The van der Waals surface area contributed by atoms with Crippen molar-refractivity contribution in [2.75, 3.05) is 13.1 Å². The molecule has 0 aromatic heterocycles. The van der Waals surface area contributed by atoms with Gasteiger partial charge in [-0.05, 0) is 37.9 Å². The van der Waals surface area contributed by atoms with Crippen LogP contribution in [0.5, 0.6) is 0 Å². The molecule has 2 atom stereocenters. The number of fused-ring (bicyclic) bond motifs is 2. The van der Waals surface area contributed by atoms with E-state index in [1.54, 1.807) is 0 Å². The zero-order valence-electron chi connectivity index (χ0n) is 10.9. The summed E-state index contributed by atoms with van der Waals surface area (Å²) in [6, 6.07) is 2.99. The van der Waals surface area contributed by atoms with Crippen LogP contribution >= 0.6 is 0 Å². The third-order valence-electron chi connectivity index (χ3n) is 4.06. The number of nitrogens with zero attached hydrogens (tertiary/aromatic N) is 1. The van der Waals surface area contributed by atoms with E-state index in [4.69, 9.17) is 0 Å². The van der Waals surface area contributed by atoms with Crippen molar-refractivity contribution in [1.82, 2.24) is 9.62 Å². The number of hydrogen-bond donors (Lipinski definition) is 1. The van der Waals surface area contributed by atoms with Crippen LogP contribution in [-0.2, 0) is 10.0 Å². The van der Waals surface area contributed by atoms with Gasteiger partial charge in [-0.3, -0.25) is 0 Å². The molecule has 0 radical (unpaired) electrons. The highest BCUT2D eigenvalue weighted by Crippen LogP contribution is 2.34. The van der Waals surface area contributed by atoms with E-state index in [9.17, 15) is 17.2 Å². The average molecular weight is 302 g/mol. The summed E-state index contributed by atoms with van der Waals surface area (Å²) in [5, 5.41) is 3.18. The molecule has 2 heterocycles. The largest absolute Gasteiger partial charge is 0.315 e. The maximum Gasteiger partial charge on any atom is 0.246 e. The first-order valence-electron chi connectivity index (χ1n) is 6.70. The molecule has 1 aromatic carbocycles. The molecule has 110 valence electrons. The summed E-state index contributed by atoms with van der Waals surface area (Å²) in [5.74, 6) is -2.42. The Bertz CT molecular complexity index is 607. The molecule has 2 aliphatic rings. The Labute approximate surface area is 116 Å². The summed E-state index contributed by atoms with van der Waals surface area (Å²) in [6.45, 7) is 1.31. The van der Waals surface area contributed by atoms with E-state index in [1.807, 2.05) is 0 Å². The molecule has 2 unspecified atom stereocenters. The molecule has 0 amide bonds. The van der Waals surface area contributed by atoms with Gasteiger partial charge < -0.3 is 5.32 Å². The van der Waals surface area contributed by atoms with Gasteiger partial charge in [-0.1, -0.05) is 6.07 Å². The van der Waals surface area contributed by atoms with Crippen LogP contribution < -0.4 is 5.32 Å². The summed E-state index contributed by atoms with van der Waals surface area (Å²) in [5.41, 5.74) is 0. The first-order chi connectivity index (χ1) is 9.51. The molecule has 7 heteroatoms. The molecule has 20 heavy (non-hydrogen) atoms. The lowest BCUT2D eigenvalue weighted by molar-refractivity contribution is 0.332. The highest BCUT2D eigenvalue weighted by Gasteiger charge is 2.44. The number of halogens is 2. The van der Waals surface area contributed by atoms with E-state index in [2.05, 4.69) is 5.32 Å². The molecule has 2 fully saturated rings. The third-order valence-corrected chi connectivity index (χ3v) is 6.08. The van der Waals surface area contributed by atoms with Crippen LogP contribution in [-0.4, -0.2) is 37.9 Å². The van der Waals surface area contributed by atoms with E-state index >= 15 is 0 Å². The van der Waals surface area contributed by atoms with E-state index in [0.717, 1.165) is 31.5 Å². The van der Waals surface area contributed by atoms with Crippen molar-refractivity contribution in [3.05, 3.63) is 29.8 Å². The summed E-state index contributed by atoms with van der Waals surface area (Å²) in [6.07, 6.45) is 2.24. The van der Waals surface area contributed by atoms with Gasteiger partial charge in [0.05, 0.1) is 0 Å². The molecular formula is C13H16F2N2O2S. The minimum Gasteiger partial charge on any atom is -0.315 e. The molecule has 2 aliphatic heterocycles. The van der Waals surface area contributed by atoms with Crippen molar-refractivity contribution in [1.29, 1.82) is 0 Å². The molecular weight excluding hydrogens is 286 g/mol. The summed E-state index contributed by atoms with van der Waals surface area (Å²) >= 11 is 0. The van der Waals surface area contributed by atoms with Crippen LogP contribution in [0.15, 0.2) is 23.1 Å². The highest BCUT2D eigenvalue weighted by atomic mass is 32.2. The van der Waals surface area contributed by atoms with Gasteiger partial charge in [-0.25, -0.2) is 17.2 Å². The smallest absolute Gasteiger partial charge is 0.246 e. The fraction of sp³-hybridized carbons (Fsp3) is 0.538. The minimum atomic E-state index is -4.00. The molecule has 1 N–H and O–H groups in total. The van der Waals surface area contributed by atoms with Crippen molar-refractivity contribution in [2.45, 2.75) is 36.2 Å². The maximum absolute atomic E-state index is 13.8. The molecule has 2 bridgehead atoms. The Balaban J connectivity index is 2.05. The second kappa shape index (κ2) is 5.05. The predicted molar refractivity (Wildman–Crippen MR) is 69.7 cm³/mol. The van der Waals surface area contributed by atoms with Crippen molar-refractivity contribution >= 4 is 10.0 Å². The number of benzene rings is 1. The number of rotatable bonds is 2. The van der Waals surface area contributed by atoms with Crippen LogP contribution in [0.3, 0.4) is 0 Å². The monoisotopic (exact) mass is 302 g/mol. The van der Waals surface area contributed by atoms with E-state index in [-0.39, 0.29) is 12.1 Å². The van der Waals surface area contributed by atoms with Crippen molar-refractivity contribution in [2.24, 2.45) is 0 Å². The van der Waals surface area contributed by atoms with Crippen molar-refractivity contribution in [3.8, 4) is 0 Å². The van der Waals surface area contributed by atoms with Gasteiger partial charge in [0.15, 0.2) is 11.6 Å². The fourth-order valence-electron chi connectivity index (χ4n) is 3.13. The van der Waals surface area contributed by atoms with Gasteiger partial charge in [0.2, 0.25) is 10.0 Å². The Hall–Kier alpha value is -1.05. The summed E-state index contributed by atoms with van der Waals surface area (Å²) in [7, 11) is -4.00. The SMILES string of the molecule is O=S(=O)(c1cccc(F)c1F)N1C2CCNCC1CC2. The predicted octanol–water partition coefficient (Wildman–Crippen LogP) is 1.48. The fourth-order valence-corrected chi connectivity index (χ4v) is 5.11. The van der Waals surface area contributed by atoms with E-state index < -0.39 is 26.6 Å². The molecule has 4 nitrogen and oxygen atoms in total. The Morgan fingerprint density at radius 2 is 1.90 bits per heavy atom. The average Bonchev–Trinajstić information content (AvgIpc) is 2.66. The quantitative estimate of drug-likeness (QED) is 0.900. The van der Waals surface area contributed by atoms with Gasteiger partial charge in [-0.15, -0.1) is 0 Å². The van der Waals surface area contributed by atoms with Gasteiger partial charge in [0, 0.05) is 18.6 Å². The second-order valence-corrected chi connectivity index (χ2v) is 7.08. The Morgan fingerprint density at radius 1 is 1.15 bits per heavy atom. The van der Waals surface area contributed by atoms with Gasteiger partial charge in [0.1, 0.15) is 4.90 Å². The minimum absolute atomic E-state index is 0.123. The first-order valence-corrected chi connectivity index (χ1v) is 8.14. The Morgan fingerprint density at radius 3 is 2.70 bits per heavy atom. The highest BCUT2D eigenvalue weighted by molar-refractivity contribution is 7.89. The zero-order chi connectivity index (χ0) is 14.3. The van der Waals surface area contributed by atoms with Crippen LogP contribution in [0, 0.1) is 11.6 Å². The molecule has 0 aliphatic carbocycles. The molecule has 2 saturated heterocycles. The first kappa shape index (κ1) is 13.9. The van der Waals surface area contributed by atoms with E-state index in [1.165, 1.54) is 10.4 Å². The van der Waals surface area contributed by atoms with Crippen LogP contribution in [0.2, 0.25) is 0 Å². The van der Waals surface area contributed by atoms with Crippen LogP contribution in [0.1, 0.15) is 19.3 Å².